The van der Waals surface area contributed by atoms with Crippen LogP contribution in [0.15, 0.2) is 83.8 Å². The van der Waals surface area contributed by atoms with E-state index < -0.39 is 34.3 Å². The molecule has 0 spiro atoms. The number of halogens is 1. The number of sulfonamides is 1. The fourth-order valence-electron chi connectivity index (χ4n) is 4.84. The molecule has 0 bridgehead atoms. The number of anilines is 1. The van der Waals surface area contributed by atoms with E-state index in [1.54, 1.807) is 68.4 Å². The molecule has 1 N–H and O–H groups in total. The molecule has 1 aliphatic rings. The summed E-state index contributed by atoms with van der Waals surface area (Å²) in [6.45, 7) is 2.92. The molecule has 0 aliphatic heterocycles. The summed E-state index contributed by atoms with van der Waals surface area (Å²) in [6, 6.07) is 19.8. The minimum atomic E-state index is -4.11. The van der Waals surface area contributed by atoms with Crippen LogP contribution in [0.5, 0.6) is 0 Å². The molecule has 4 rings (SSSR count). The van der Waals surface area contributed by atoms with E-state index in [2.05, 4.69) is 5.32 Å². The third-order valence-electron chi connectivity index (χ3n) is 7.13. The van der Waals surface area contributed by atoms with Gasteiger partial charge in [-0.15, -0.1) is 0 Å². The van der Waals surface area contributed by atoms with Gasteiger partial charge in [0.25, 0.3) is 10.0 Å². The summed E-state index contributed by atoms with van der Waals surface area (Å²) >= 11 is 0. The number of nitrogens with zero attached hydrogens (tertiary/aromatic N) is 2. The van der Waals surface area contributed by atoms with Crippen LogP contribution in [0.25, 0.3) is 0 Å². The average molecular weight is 552 g/mol. The van der Waals surface area contributed by atoms with Gasteiger partial charge in [0.1, 0.15) is 18.4 Å². The molecule has 0 aromatic heterocycles. The zero-order chi connectivity index (χ0) is 28.0. The quantitative estimate of drug-likeness (QED) is 0.392. The average Bonchev–Trinajstić information content (AvgIpc) is 3.45. The van der Waals surface area contributed by atoms with Gasteiger partial charge in [-0.05, 0) is 68.1 Å². The van der Waals surface area contributed by atoms with Crippen LogP contribution in [0, 0.1) is 12.7 Å². The standard InChI is InChI=1S/C30H34FN3O4S/c1-22-10-6-9-15-28(22)34(39(37,38)27-13-4-3-5-14-27)21-29(35)33(20-24-16-18-25(31)19-17-24)23(2)30(36)32-26-11-7-8-12-26/h3-6,9-10,13-19,23,26H,7-8,11-12,20-21H2,1-2H3,(H,32,36)/t23-/m0/s1. The highest BCUT2D eigenvalue weighted by Crippen LogP contribution is 2.27. The number of carbonyl (C=O) groups is 2. The van der Waals surface area contributed by atoms with Crippen molar-refractivity contribution in [3.63, 3.8) is 0 Å². The van der Waals surface area contributed by atoms with E-state index in [1.807, 2.05) is 0 Å². The Hall–Kier alpha value is -3.72. The van der Waals surface area contributed by atoms with E-state index in [-0.39, 0.29) is 23.4 Å². The molecule has 3 aromatic carbocycles. The summed E-state index contributed by atoms with van der Waals surface area (Å²) in [4.78, 5) is 28.6. The molecular weight excluding hydrogens is 517 g/mol. The molecule has 0 unspecified atom stereocenters. The van der Waals surface area contributed by atoms with Crippen molar-refractivity contribution < 1.29 is 22.4 Å². The van der Waals surface area contributed by atoms with Gasteiger partial charge < -0.3 is 10.2 Å². The first-order valence-corrected chi connectivity index (χ1v) is 14.6. The molecule has 1 fully saturated rings. The number of carbonyl (C=O) groups excluding carboxylic acids is 2. The molecule has 1 atom stereocenters. The number of amides is 2. The van der Waals surface area contributed by atoms with E-state index in [0.717, 1.165) is 30.0 Å². The Morgan fingerprint density at radius 2 is 1.56 bits per heavy atom. The highest BCUT2D eigenvalue weighted by atomic mass is 32.2. The van der Waals surface area contributed by atoms with Gasteiger partial charge in [-0.1, -0.05) is 61.4 Å². The van der Waals surface area contributed by atoms with Gasteiger partial charge >= 0.3 is 0 Å². The van der Waals surface area contributed by atoms with Crippen LogP contribution < -0.4 is 9.62 Å². The lowest BCUT2D eigenvalue weighted by molar-refractivity contribution is -0.139. The topological polar surface area (TPSA) is 86.8 Å². The number of aryl methyl sites for hydroxylation is 1. The van der Waals surface area contributed by atoms with Crippen LogP contribution in [0.4, 0.5) is 10.1 Å². The van der Waals surface area contributed by atoms with E-state index in [1.165, 1.54) is 29.2 Å². The van der Waals surface area contributed by atoms with E-state index >= 15 is 0 Å². The lowest BCUT2D eigenvalue weighted by atomic mass is 10.1. The van der Waals surface area contributed by atoms with Crippen LogP contribution in [0.2, 0.25) is 0 Å². The second kappa shape index (κ2) is 12.4. The maximum Gasteiger partial charge on any atom is 0.264 e. The van der Waals surface area contributed by atoms with Crippen molar-refractivity contribution in [3.05, 3.63) is 95.8 Å². The van der Waals surface area contributed by atoms with E-state index in [4.69, 9.17) is 0 Å². The highest BCUT2D eigenvalue weighted by Gasteiger charge is 2.33. The molecular formula is C30H34FN3O4S. The highest BCUT2D eigenvalue weighted by molar-refractivity contribution is 7.92. The summed E-state index contributed by atoms with van der Waals surface area (Å²) in [7, 11) is -4.11. The largest absolute Gasteiger partial charge is 0.352 e. The number of hydrogen-bond acceptors (Lipinski definition) is 4. The molecule has 206 valence electrons. The minimum absolute atomic E-state index is 0.0192. The van der Waals surface area contributed by atoms with Gasteiger partial charge in [0.15, 0.2) is 0 Å². The first-order valence-electron chi connectivity index (χ1n) is 13.1. The van der Waals surface area contributed by atoms with Crippen molar-refractivity contribution in [3.8, 4) is 0 Å². The fraction of sp³-hybridized carbons (Fsp3) is 0.333. The Balaban J connectivity index is 1.68. The van der Waals surface area contributed by atoms with Crippen LogP contribution in [0.3, 0.4) is 0 Å². The Kier molecular flexibility index (Phi) is 9.01. The fourth-order valence-corrected chi connectivity index (χ4v) is 6.34. The van der Waals surface area contributed by atoms with Crippen molar-refractivity contribution in [2.75, 3.05) is 10.8 Å². The number of para-hydroxylation sites is 1. The lowest BCUT2D eigenvalue weighted by Crippen LogP contribution is -2.52. The van der Waals surface area contributed by atoms with Gasteiger partial charge in [0.05, 0.1) is 10.6 Å². The summed E-state index contributed by atoms with van der Waals surface area (Å²) in [5.41, 5.74) is 1.68. The van der Waals surface area contributed by atoms with E-state index in [0.29, 0.717) is 16.8 Å². The monoisotopic (exact) mass is 551 g/mol. The lowest BCUT2D eigenvalue weighted by Gasteiger charge is -2.33. The molecule has 39 heavy (non-hydrogen) atoms. The third kappa shape index (κ3) is 6.84. The van der Waals surface area contributed by atoms with Crippen molar-refractivity contribution in [1.29, 1.82) is 0 Å². The SMILES string of the molecule is Cc1ccccc1N(CC(=O)N(Cc1ccc(F)cc1)[C@@H](C)C(=O)NC1CCCC1)S(=O)(=O)c1ccccc1. The summed E-state index contributed by atoms with van der Waals surface area (Å²) < 4.78 is 42.3. The predicted molar refractivity (Wildman–Crippen MR) is 149 cm³/mol. The zero-order valence-corrected chi connectivity index (χ0v) is 23.0. The number of benzene rings is 3. The molecule has 2 amide bonds. The van der Waals surface area contributed by atoms with Crippen LogP contribution in [-0.4, -0.2) is 43.8 Å². The molecule has 0 saturated heterocycles. The third-order valence-corrected chi connectivity index (χ3v) is 8.90. The second-order valence-corrected chi connectivity index (χ2v) is 11.8. The Morgan fingerprint density at radius 3 is 2.21 bits per heavy atom. The molecule has 0 heterocycles. The zero-order valence-electron chi connectivity index (χ0n) is 22.2. The van der Waals surface area contributed by atoms with Gasteiger partial charge in [-0.2, -0.15) is 0 Å². The molecule has 0 radical (unpaired) electrons. The van der Waals surface area contributed by atoms with Gasteiger partial charge in [-0.25, -0.2) is 12.8 Å². The van der Waals surface area contributed by atoms with Gasteiger partial charge in [0.2, 0.25) is 11.8 Å². The van der Waals surface area contributed by atoms with Crippen LogP contribution in [0.1, 0.15) is 43.7 Å². The predicted octanol–water partition coefficient (Wildman–Crippen LogP) is 4.81. The van der Waals surface area contributed by atoms with Gasteiger partial charge in [-0.3, -0.25) is 13.9 Å². The summed E-state index contributed by atoms with van der Waals surface area (Å²) in [6.07, 6.45) is 3.86. The van der Waals surface area contributed by atoms with Crippen molar-refractivity contribution in [1.82, 2.24) is 10.2 Å². The van der Waals surface area contributed by atoms with E-state index in [9.17, 15) is 22.4 Å². The molecule has 9 heteroatoms. The Labute approximate surface area is 229 Å². The molecule has 1 saturated carbocycles. The number of rotatable bonds is 10. The first kappa shape index (κ1) is 28.3. The molecule has 1 aliphatic carbocycles. The Morgan fingerprint density at radius 1 is 0.949 bits per heavy atom. The second-order valence-electron chi connectivity index (χ2n) is 9.93. The number of hydrogen-bond donors (Lipinski definition) is 1. The van der Waals surface area contributed by atoms with Crippen molar-refractivity contribution in [2.24, 2.45) is 0 Å². The minimum Gasteiger partial charge on any atom is -0.352 e. The van der Waals surface area contributed by atoms with Crippen molar-refractivity contribution >= 4 is 27.5 Å². The maximum atomic E-state index is 13.9. The van der Waals surface area contributed by atoms with Crippen LogP contribution in [-0.2, 0) is 26.2 Å². The molecule has 3 aromatic rings. The number of nitrogens with one attached hydrogen (secondary N) is 1. The summed E-state index contributed by atoms with van der Waals surface area (Å²) in [5.74, 6) is -1.26. The molecule has 7 nitrogen and oxygen atoms in total. The first-order chi connectivity index (χ1) is 18.7. The van der Waals surface area contributed by atoms with Crippen LogP contribution >= 0.6 is 0 Å². The van der Waals surface area contributed by atoms with Gasteiger partial charge in [0, 0.05) is 12.6 Å². The van der Waals surface area contributed by atoms with Crippen molar-refractivity contribution in [2.45, 2.75) is 63.1 Å². The Bertz CT molecular complexity index is 1390. The smallest absolute Gasteiger partial charge is 0.264 e. The summed E-state index contributed by atoms with van der Waals surface area (Å²) in [5, 5.41) is 3.03. The maximum absolute atomic E-state index is 13.9. The normalized spacial score (nSPS) is 14.5.